The minimum Gasteiger partial charge on any atom is -0.508 e. The summed E-state index contributed by atoms with van der Waals surface area (Å²) in [5.74, 6) is 0.261. The standard InChI is InChI=1S/C15H11Br3N2O3/c16-10-5-12(17)15(13(18)6-10)23-8-14(22)20-19-7-9-2-1-3-11(21)4-9/h1-7,21H,8H2,(H,20,22)/b19-7+. The van der Waals surface area contributed by atoms with Gasteiger partial charge in [0.25, 0.3) is 5.91 Å². The highest BCUT2D eigenvalue weighted by atomic mass is 79.9. The van der Waals surface area contributed by atoms with E-state index in [4.69, 9.17) is 4.74 Å². The molecule has 0 saturated heterocycles. The van der Waals surface area contributed by atoms with Crippen LogP contribution in [0.25, 0.3) is 0 Å². The lowest BCUT2D eigenvalue weighted by molar-refractivity contribution is -0.123. The Hall–Kier alpha value is -1.38. The molecule has 23 heavy (non-hydrogen) atoms. The lowest BCUT2D eigenvalue weighted by Gasteiger charge is -2.09. The Labute approximate surface area is 158 Å². The molecule has 0 radical (unpaired) electrons. The SMILES string of the molecule is O=C(COc1c(Br)cc(Br)cc1Br)N/N=C/c1cccc(O)c1. The third kappa shape index (κ3) is 5.63. The number of hydrogen-bond donors (Lipinski definition) is 2. The molecule has 0 atom stereocenters. The Morgan fingerprint density at radius 3 is 2.57 bits per heavy atom. The monoisotopic (exact) mass is 504 g/mol. The van der Waals surface area contributed by atoms with Gasteiger partial charge in [0.2, 0.25) is 0 Å². The summed E-state index contributed by atoms with van der Waals surface area (Å²) in [5.41, 5.74) is 3.03. The summed E-state index contributed by atoms with van der Waals surface area (Å²) < 4.78 is 7.78. The van der Waals surface area contributed by atoms with Crippen LogP contribution in [0.2, 0.25) is 0 Å². The number of halogens is 3. The minimum atomic E-state index is -0.400. The summed E-state index contributed by atoms with van der Waals surface area (Å²) in [6.45, 7) is -0.184. The Morgan fingerprint density at radius 2 is 1.91 bits per heavy atom. The van der Waals surface area contributed by atoms with Crippen molar-refractivity contribution in [2.45, 2.75) is 0 Å². The van der Waals surface area contributed by atoms with Crippen molar-refractivity contribution in [2.24, 2.45) is 5.10 Å². The first-order valence-electron chi connectivity index (χ1n) is 6.34. The van der Waals surface area contributed by atoms with Crippen molar-refractivity contribution in [1.29, 1.82) is 0 Å². The number of nitrogens with zero attached hydrogens (tertiary/aromatic N) is 1. The largest absolute Gasteiger partial charge is 0.508 e. The predicted octanol–water partition coefficient (Wildman–Crippen LogP) is 4.21. The molecule has 2 aromatic carbocycles. The van der Waals surface area contributed by atoms with E-state index in [1.54, 1.807) is 18.2 Å². The zero-order chi connectivity index (χ0) is 16.8. The number of nitrogens with one attached hydrogen (secondary N) is 1. The highest BCUT2D eigenvalue weighted by molar-refractivity contribution is 9.11. The Bertz CT molecular complexity index is 727. The average Bonchev–Trinajstić information content (AvgIpc) is 2.46. The van der Waals surface area contributed by atoms with Gasteiger partial charge in [0.1, 0.15) is 11.5 Å². The van der Waals surface area contributed by atoms with Crippen LogP contribution in [-0.4, -0.2) is 23.8 Å². The number of aromatic hydroxyl groups is 1. The van der Waals surface area contributed by atoms with Crippen LogP contribution in [0, 0.1) is 0 Å². The zero-order valence-corrected chi connectivity index (χ0v) is 16.4. The van der Waals surface area contributed by atoms with Crippen LogP contribution < -0.4 is 10.2 Å². The quantitative estimate of drug-likeness (QED) is 0.471. The van der Waals surface area contributed by atoms with Gasteiger partial charge in [-0.1, -0.05) is 28.1 Å². The van der Waals surface area contributed by atoms with Crippen molar-refractivity contribution in [3.63, 3.8) is 0 Å². The van der Waals surface area contributed by atoms with E-state index in [0.717, 1.165) is 13.4 Å². The first kappa shape index (κ1) is 18.0. The molecule has 0 aliphatic rings. The molecular weight excluding hydrogens is 496 g/mol. The van der Waals surface area contributed by atoms with E-state index in [1.165, 1.54) is 12.3 Å². The van der Waals surface area contributed by atoms with Crippen molar-refractivity contribution in [1.82, 2.24) is 5.43 Å². The van der Waals surface area contributed by atoms with Crippen LogP contribution in [0.3, 0.4) is 0 Å². The molecule has 2 rings (SSSR count). The van der Waals surface area contributed by atoms with Gasteiger partial charge in [-0.2, -0.15) is 5.10 Å². The maximum Gasteiger partial charge on any atom is 0.277 e. The van der Waals surface area contributed by atoms with Crippen LogP contribution in [-0.2, 0) is 4.79 Å². The van der Waals surface area contributed by atoms with Crippen molar-refractivity contribution in [3.05, 3.63) is 55.4 Å². The summed E-state index contributed by atoms with van der Waals surface area (Å²) in [6, 6.07) is 10.2. The first-order chi connectivity index (χ1) is 11.0. The summed E-state index contributed by atoms with van der Waals surface area (Å²) >= 11 is 10.1. The number of carbonyl (C=O) groups is 1. The topological polar surface area (TPSA) is 70.9 Å². The molecule has 1 amide bonds. The molecule has 2 aromatic rings. The average molecular weight is 507 g/mol. The van der Waals surface area contributed by atoms with Crippen LogP contribution >= 0.6 is 47.8 Å². The maximum atomic E-state index is 11.7. The van der Waals surface area contributed by atoms with Gasteiger partial charge in [0.05, 0.1) is 15.2 Å². The number of hydrazone groups is 1. The van der Waals surface area contributed by atoms with Gasteiger partial charge >= 0.3 is 0 Å². The number of phenols is 1. The fraction of sp³-hybridized carbons (Fsp3) is 0.0667. The fourth-order valence-electron chi connectivity index (χ4n) is 1.62. The van der Waals surface area contributed by atoms with E-state index in [0.29, 0.717) is 11.3 Å². The van der Waals surface area contributed by atoms with Gasteiger partial charge in [0, 0.05) is 4.47 Å². The molecule has 5 nitrogen and oxygen atoms in total. The summed E-state index contributed by atoms with van der Waals surface area (Å²) in [5, 5.41) is 13.1. The summed E-state index contributed by atoms with van der Waals surface area (Å²) in [6.07, 6.45) is 1.43. The van der Waals surface area contributed by atoms with Gasteiger partial charge < -0.3 is 9.84 Å². The normalized spacial score (nSPS) is 10.7. The third-order valence-electron chi connectivity index (χ3n) is 2.58. The van der Waals surface area contributed by atoms with Gasteiger partial charge in [0.15, 0.2) is 6.61 Å². The van der Waals surface area contributed by atoms with Crippen molar-refractivity contribution in [3.8, 4) is 11.5 Å². The van der Waals surface area contributed by atoms with E-state index < -0.39 is 5.91 Å². The van der Waals surface area contributed by atoms with Gasteiger partial charge in [-0.25, -0.2) is 5.43 Å². The lowest BCUT2D eigenvalue weighted by Crippen LogP contribution is -2.24. The van der Waals surface area contributed by atoms with E-state index in [1.807, 2.05) is 12.1 Å². The zero-order valence-electron chi connectivity index (χ0n) is 11.6. The second kappa shape index (κ2) is 8.47. The van der Waals surface area contributed by atoms with Crippen LogP contribution in [0.4, 0.5) is 0 Å². The third-order valence-corrected chi connectivity index (χ3v) is 4.22. The van der Waals surface area contributed by atoms with Crippen molar-refractivity contribution < 1.29 is 14.6 Å². The van der Waals surface area contributed by atoms with Crippen molar-refractivity contribution >= 4 is 59.9 Å². The molecule has 120 valence electrons. The molecule has 0 aliphatic carbocycles. The van der Waals surface area contributed by atoms with E-state index in [2.05, 4.69) is 58.3 Å². The molecule has 8 heteroatoms. The van der Waals surface area contributed by atoms with Gasteiger partial charge in [-0.05, 0) is 61.7 Å². The number of benzene rings is 2. The molecule has 2 N–H and O–H groups in total. The Kier molecular flexibility index (Phi) is 6.61. The van der Waals surface area contributed by atoms with Crippen LogP contribution in [0.15, 0.2) is 54.9 Å². The first-order valence-corrected chi connectivity index (χ1v) is 8.72. The molecule has 0 spiro atoms. The number of amides is 1. The highest BCUT2D eigenvalue weighted by Crippen LogP contribution is 2.36. The molecule has 0 heterocycles. The molecule has 0 bridgehead atoms. The predicted molar refractivity (Wildman–Crippen MR) is 98.9 cm³/mol. The maximum absolute atomic E-state index is 11.7. The van der Waals surface area contributed by atoms with Crippen LogP contribution in [0.5, 0.6) is 11.5 Å². The second-order valence-electron chi connectivity index (χ2n) is 4.38. The van der Waals surface area contributed by atoms with E-state index in [-0.39, 0.29) is 12.4 Å². The minimum absolute atomic E-state index is 0.133. The number of carbonyl (C=O) groups excluding carboxylic acids is 1. The van der Waals surface area contributed by atoms with E-state index >= 15 is 0 Å². The molecule has 0 saturated carbocycles. The van der Waals surface area contributed by atoms with Crippen molar-refractivity contribution in [2.75, 3.05) is 6.61 Å². The van der Waals surface area contributed by atoms with E-state index in [9.17, 15) is 9.90 Å². The number of rotatable bonds is 5. The molecule has 0 aromatic heterocycles. The highest BCUT2D eigenvalue weighted by Gasteiger charge is 2.10. The lowest BCUT2D eigenvalue weighted by atomic mass is 10.2. The molecule has 0 unspecified atom stereocenters. The fourth-order valence-corrected chi connectivity index (χ4v) is 4.11. The summed E-state index contributed by atoms with van der Waals surface area (Å²) in [4.78, 5) is 11.7. The second-order valence-corrected chi connectivity index (χ2v) is 7.00. The van der Waals surface area contributed by atoms with Gasteiger partial charge in [-0.3, -0.25) is 4.79 Å². The smallest absolute Gasteiger partial charge is 0.277 e. The Morgan fingerprint density at radius 1 is 1.22 bits per heavy atom. The molecular formula is C15H11Br3N2O3. The number of ether oxygens (including phenoxy) is 1. The number of phenolic OH excluding ortho intramolecular Hbond substituents is 1. The van der Waals surface area contributed by atoms with Crippen LogP contribution in [0.1, 0.15) is 5.56 Å². The molecule has 0 fully saturated rings. The van der Waals surface area contributed by atoms with Gasteiger partial charge in [-0.15, -0.1) is 0 Å². The summed E-state index contributed by atoms with van der Waals surface area (Å²) in [7, 11) is 0. The number of hydrogen-bond acceptors (Lipinski definition) is 4. The molecule has 0 aliphatic heterocycles. The Balaban J connectivity index is 1.88.